The highest BCUT2D eigenvalue weighted by Crippen LogP contribution is 2.33. The monoisotopic (exact) mass is 392 g/mol. The van der Waals surface area contributed by atoms with Crippen molar-refractivity contribution in [3.8, 4) is 0 Å². The minimum Gasteiger partial charge on any atom is -0.462 e. The molecule has 0 fully saturated rings. The molecule has 0 saturated heterocycles. The van der Waals surface area contributed by atoms with Crippen LogP contribution in [-0.2, 0) is 14.3 Å². The first kappa shape index (κ1) is 20.4. The number of anilines is 1. The first-order valence-corrected chi connectivity index (χ1v) is 8.99. The molecule has 0 spiro atoms. The number of H-pyrrole nitrogens is 1. The van der Waals surface area contributed by atoms with E-state index in [-0.39, 0.29) is 18.1 Å². The smallest absolute Gasteiger partial charge is 0.355 e. The Balaban J connectivity index is 2.01. The molecule has 27 heavy (non-hydrogen) atoms. The van der Waals surface area contributed by atoms with Gasteiger partial charge in [0.05, 0.1) is 12.2 Å². The van der Waals surface area contributed by atoms with Gasteiger partial charge in [0.25, 0.3) is 5.91 Å². The molecular weight excluding hydrogens is 372 g/mol. The Kier molecular flexibility index (Phi) is 6.51. The van der Waals surface area contributed by atoms with E-state index in [1.807, 2.05) is 6.92 Å². The van der Waals surface area contributed by atoms with Crippen LogP contribution in [0.3, 0.4) is 0 Å². The number of carbonyl (C=O) groups excluding carboxylic acids is 4. The van der Waals surface area contributed by atoms with E-state index in [0.717, 1.165) is 10.4 Å². The second-order valence-corrected chi connectivity index (χ2v) is 6.92. The van der Waals surface area contributed by atoms with Crippen LogP contribution in [-0.4, -0.2) is 41.8 Å². The quantitative estimate of drug-likeness (QED) is 0.553. The first-order chi connectivity index (χ1) is 12.7. The summed E-state index contributed by atoms with van der Waals surface area (Å²) in [6.45, 7) is 6.35. The Hall–Kier alpha value is -2.94. The van der Waals surface area contributed by atoms with Crippen molar-refractivity contribution in [1.29, 1.82) is 0 Å². The Bertz CT molecular complexity index is 896. The third-order valence-electron chi connectivity index (χ3n) is 3.76. The van der Waals surface area contributed by atoms with Crippen molar-refractivity contribution < 1.29 is 28.7 Å². The molecule has 8 nitrogen and oxygen atoms in total. The Labute approximate surface area is 159 Å². The summed E-state index contributed by atoms with van der Waals surface area (Å²) < 4.78 is 9.96. The zero-order chi connectivity index (χ0) is 20.1. The van der Waals surface area contributed by atoms with Crippen LogP contribution >= 0.6 is 11.3 Å². The molecule has 0 saturated carbocycles. The Morgan fingerprint density at radius 2 is 1.85 bits per heavy atom. The highest BCUT2D eigenvalue weighted by atomic mass is 32.1. The summed E-state index contributed by atoms with van der Waals surface area (Å²) in [7, 11) is 0. The number of nitrogens with one attached hydrogen (secondary N) is 2. The van der Waals surface area contributed by atoms with Gasteiger partial charge in [-0.3, -0.25) is 9.59 Å². The largest absolute Gasteiger partial charge is 0.462 e. The van der Waals surface area contributed by atoms with E-state index in [2.05, 4.69) is 10.3 Å². The zero-order valence-corrected chi connectivity index (χ0v) is 16.2. The minimum atomic E-state index is -0.762. The fraction of sp³-hybridized carbons (Fsp3) is 0.333. The number of aromatic amines is 1. The van der Waals surface area contributed by atoms with Gasteiger partial charge >= 0.3 is 11.9 Å². The molecule has 2 heterocycles. The maximum absolute atomic E-state index is 12.1. The summed E-state index contributed by atoms with van der Waals surface area (Å²) in [4.78, 5) is 50.9. The van der Waals surface area contributed by atoms with Crippen LogP contribution in [0.15, 0.2) is 12.3 Å². The molecule has 0 aliphatic heterocycles. The number of ketones is 1. The van der Waals surface area contributed by atoms with E-state index in [0.29, 0.717) is 16.1 Å². The topological polar surface area (TPSA) is 115 Å². The van der Waals surface area contributed by atoms with Gasteiger partial charge in [-0.15, -0.1) is 11.3 Å². The van der Waals surface area contributed by atoms with Crippen molar-refractivity contribution in [1.82, 2.24) is 4.98 Å². The average Bonchev–Trinajstić information content (AvgIpc) is 3.19. The molecule has 144 valence electrons. The van der Waals surface area contributed by atoms with Crippen molar-refractivity contribution in [2.24, 2.45) is 0 Å². The van der Waals surface area contributed by atoms with Crippen molar-refractivity contribution >= 4 is 40.0 Å². The number of rotatable bonds is 7. The molecule has 2 N–H and O–H groups in total. The van der Waals surface area contributed by atoms with E-state index < -0.39 is 24.5 Å². The van der Waals surface area contributed by atoms with Crippen LogP contribution in [0.25, 0.3) is 0 Å². The van der Waals surface area contributed by atoms with Gasteiger partial charge < -0.3 is 19.8 Å². The Morgan fingerprint density at radius 3 is 2.44 bits per heavy atom. The summed E-state index contributed by atoms with van der Waals surface area (Å²) in [5.74, 6) is -2.07. The summed E-state index contributed by atoms with van der Waals surface area (Å²) in [5, 5.41) is 2.93. The summed E-state index contributed by atoms with van der Waals surface area (Å²) in [5.41, 5.74) is 1.45. The van der Waals surface area contributed by atoms with Crippen LogP contribution in [0.1, 0.15) is 55.5 Å². The Morgan fingerprint density at radius 1 is 1.15 bits per heavy atom. The van der Waals surface area contributed by atoms with Crippen LogP contribution < -0.4 is 5.32 Å². The molecule has 2 aromatic rings. The van der Waals surface area contributed by atoms with Gasteiger partial charge in [0.2, 0.25) is 0 Å². The number of esters is 2. The predicted octanol–water partition coefficient (Wildman–Crippen LogP) is 2.87. The van der Waals surface area contributed by atoms with Gasteiger partial charge in [-0.1, -0.05) is 0 Å². The van der Waals surface area contributed by atoms with E-state index in [1.54, 1.807) is 13.8 Å². The number of ether oxygens (including phenoxy) is 2. The number of amides is 1. The van der Waals surface area contributed by atoms with E-state index in [4.69, 9.17) is 9.47 Å². The van der Waals surface area contributed by atoms with Gasteiger partial charge in [0.15, 0.2) is 12.4 Å². The van der Waals surface area contributed by atoms with Crippen molar-refractivity contribution in [3.05, 3.63) is 39.5 Å². The molecule has 2 aromatic heterocycles. The molecule has 9 heteroatoms. The fourth-order valence-electron chi connectivity index (χ4n) is 2.25. The van der Waals surface area contributed by atoms with Crippen LogP contribution in [0, 0.1) is 13.8 Å². The fourth-order valence-corrected chi connectivity index (χ4v) is 3.32. The molecule has 0 aromatic carbocycles. The normalized spacial score (nSPS) is 10.4. The molecule has 0 aliphatic carbocycles. The lowest BCUT2D eigenvalue weighted by atomic mass is 10.1. The molecule has 2 rings (SSSR count). The van der Waals surface area contributed by atoms with Gasteiger partial charge in [0, 0.05) is 16.6 Å². The molecule has 0 unspecified atom stereocenters. The third kappa shape index (κ3) is 4.82. The van der Waals surface area contributed by atoms with Gasteiger partial charge in [-0.25, -0.2) is 9.59 Å². The number of aryl methyl sites for hydroxylation is 1. The summed E-state index contributed by atoms with van der Waals surface area (Å²) >= 11 is 1.24. The minimum absolute atomic E-state index is 0.0722. The zero-order valence-electron chi connectivity index (χ0n) is 15.4. The average molecular weight is 392 g/mol. The lowest BCUT2D eigenvalue weighted by molar-refractivity contribution is -0.119. The maximum Gasteiger partial charge on any atom is 0.355 e. The van der Waals surface area contributed by atoms with Gasteiger partial charge in [-0.05, 0) is 39.3 Å². The van der Waals surface area contributed by atoms with Crippen LogP contribution in [0.4, 0.5) is 5.00 Å². The molecule has 0 aliphatic rings. The molecule has 0 atom stereocenters. The SMILES string of the molecule is CCOC(=O)c1c(NC(=O)COC(=O)c2cc(C(C)=O)c[nH]2)sc(C)c1C. The molecule has 0 bridgehead atoms. The number of hydrogen-bond acceptors (Lipinski definition) is 7. The molecule has 1 amide bonds. The van der Waals surface area contributed by atoms with Crippen molar-refractivity contribution in [2.45, 2.75) is 27.7 Å². The summed E-state index contributed by atoms with van der Waals surface area (Å²) in [6, 6.07) is 1.35. The number of hydrogen-bond donors (Lipinski definition) is 2. The molecular formula is C18H20N2O6S. The summed E-state index contributed by atoms with van der Waals surface area (Å²) in [6.07, 6.45) is 1.39. The second-order valence-electron chi connectivity index (χ2n) is 5.69. The highest BCUT2D eigenvalue weighted by molar-refractivity contribution is 7.16. The van der Waals surface area contributed by atoms with E-state index >= 15 is 0 Å². The number of thiophene rings is 1. The maximum atomic E-state index is 12.1. The van der Waals surface area contributed by atoms with Crippen molar-refractivity contribution in [2.75, 3.05) is 18.5 Å². The lowest BCUT2D eigenvalue weighted by Gasteiger charge is -2.07. The van der Waals surface area contributed by atoms with E-state index in [9.17, 15) is 19.2 Å². The molecule has 0 radical (unpaired) electrons. The second kappa shape index (κ2) is 8.63. The number of aromatic nitrogens is 1. The number of carbonyl (C=O) groups is 4. The lowest BCUT2D eigenvalue weighted by Crippen LogP contribution is -2.22. The van der Waals surface area contributed by atoms with Crippen LogP contribution in [0.5, 0.6) is 0 Å². The highest BCUT2D eigenvalue weighted by Gasteiger charge is 2.22. The van der Waals surface area contributed by atoms with Gasteiger partial charge in [0.1, 0.15) is 10.7 Å². The van der Waals surface area contributed by atoms with Crippen molar-refractivity contribution in [3.63, 3.8) is 0 Å². The third-order valence-corrected chi connectivity index (χ3v) is 4.88. The van der Waals surface area contributed by atoms with Gasteiger partial charge in [-0.2, -0.15) is 0 Å². The van der Waals surface area contributed by atoms with E-state index in [1.165, 1.54) is 30.5 Å². The first-order valence-electron chi connectivity index (χ1n) is 8.18. The predicted molar refractivity (Wildman–Crippen MR) is 99.5 cm³/mol. The standard InChI is InChI=1S/C18H20N2O6S/c1-5-25-18(24)15-9(2)11(4)27-16(15)20-14(22)8-26-17(23)13-6-12(7-19-13)10(3)21/h6-7,19H,5,8H2,1-4H3,(H,20,22). The van der Waals surface area contributed by atoms with Crippen LogP contribution in [0.2, 0.25) is 0 Å². The number of Topliss-reactive ketones (excluding diaryl/α,β-unsaturated/α-hetero) is 1.